The van der Waals surface area contributed by atoms with E-state index in [-0.39, 0.29) is 0 Å². The Morgan fingerprint density at radius 1 is 1.00 bits per heavy atom. The lowest BCUT2D eigenvalue weighted by Gasteiger charge is -2.41. The van der Waals surface area contributed by atoms with Crippen LogP contribution in [0.2, 0.25) is 0 Å². The van der Waals surface area contributed by atoms with Crippen molar-refractivity contribution >= 4 is 5.69 Å². The number of para-hydroxylation sites is 1. The third-order valence-electron chi connectivity index (χ3n) is 5.35. The Hall–Kier alpha value is -1.02. The van der Waals surface area contributed by atoms with E-state index in [2.05, 4.69) is 29.6 Å². The van der Waals surface area contributed by atoms with Gasteiger partial charge in [0.05, 0.1) is 6.10 Å². The number of anilines is 1. The molecule has 2 heterocycles. The number of benzene rings is 1. The van der Waals surface area contributed by atoms with Gasteiger partial charge in [-0.1, -0.05) is 37.5 Å². The zero-order chi connectivity index (χ0) is 12.7. The van der Waals surface area contributed by atoms with Crippen molar-refractivity contribution in [2.75, 3.05) is 11.9 Å². The molecule has 1 saturated heterocycles. The molecular formula is C17H23NO. The Kier molecular flexibility index (Phi) is 2.99. The molecule has 3 aliphatic rings. The highest BCUT2D eigenvalue weighted by Gasteiger charge is 2.43. The van der Waals surface area contributed by atoms with Crippen LogP contribution in [0.25, 0.3) is 0 Å². The Labute approximate surface area is 115 Å². The van der Waals surface area contributed by atoms with Gasteiger partial charge in [0, 0.05) is 29.8 Å². The molecule has 1 saturated carbocycles. The number of rotatable bonds is 1. The second-order valence-electron chi connectivity index (χ2n) is 6.40. The minimum atomic E-state index is 0.351. The minimum Gasteiger partial charge on any atom is -0.381 e. The maximum atomic E-state index is 6.06. The molecule has 2 nitrogen and oxygen atoms in total. The van der Waals surface area contributed by atoms with Crippen LogP contribution in [0.3, 0.4) is 0 Å². The van der Waals surface area contributed by atoms with E-state index in [1.807, 2.05) is 0 Å². The molecule has 0 unspecified atom stereocenters. The molecule has 2 aliphatic heterocycles. The van der Waals surface area contributed by atoms with Gasteiger partial charge in [-0.15, -0.1) is 0 Å². The molecule has 0 amide bonds. The van der Waals surface area contributed by atoms with Crippen molar-refractivity contribution in [1.82, 2.24) is 0 Å². The second-order valence-corrected chi connectivity index (χ2v) is 6.40. The smallest absolute Gasteiger partial charge is 0.0893 e. The van der Waals surface area contributed by atoms with E-state index in [9.17, 15) is 0 Å². The van der Waals surface area contributed by atoms with E-state index in [0.29, 0.717) is 18.1 Å². The van der Waals surface area contributed by atoms with Gasteiger partial charge in [0.1, 0.15) is 0 Å². The summed E-state index contributed by atoms with van der Waals surface area (Å²) >= 11 is 0. The summed E-state index contributed by atoms with van der Waals surface area (Å²) in [4.78, 5) is 0. The first kappa shape index (κ1) is 11.8. The van der Waals surface area contributed by atoms with Crippen molar-refractivity contribution < 1.29 is 4.74 Å². The summed E-state index contributed by atoms with van der Waals surface area (Å²) in [6.45, 7) is 0.939. The number of fused-ring (bicyclic) bond motifs is 3. The highest BCUT2D eigenvalue weighted by atomic mass is 16.5. The predicted molar refractivity (Wildman–Crippen MR) is 77.2 cm³/mol. The number of hydrogen-bond acceptors (Lipinski definition) is 2. The quantitative estimate of drug-likeness (QED) is 0.816. The van der Waals surface area contributed by atoms with Crippen LogP contribution in [0.5, 0.6) is 0 Å². The molecule has 2 heteroatoms. The standard InChI is InChI=1S/C17H23NO/c1-2-6-12(7-3-1)16-14-10-11-19-17(14)13-8-4-5-9-15(13)18-16/h4-5,8-9,12,14,16-18H,1-3,6-7,10-11H2/t14-,16+,17+/m0/s1. The SMILES string of the molecule is c1ccc2c(c1)N[C@H](C1CCCCC1)[C@@H]1CCO[C@H]21. The monoisotopic (exact) mass is 257 g/mol. The van der Waals surface area contributed by atoms with Gasteiger partial charge in [-0.3, -0.25) is 0 Å². The molecule has 1 aromatic carbocycles. The van der Waals surface area contributed by atoms with Crippen LogP contribution >= 0.6 is 0 Å². The van der Waals surface area contributed by atoms with Crippen molar-refractivity contribution in [1.29, 1.82) is 0 Å². The summed E-state index contributed by atoms with van der Waals surface area (Å²) in [5.41, 5.74) is 2.71. The Balaban J connectivity index is 1.66. The average Bonchev–Trinajstić information content (AvgIpc) is 2.97. The second kappa shape index (κ2) is 4.82. The van der Waals surface area contributed by atoms with Crippen molar-refractivity contribution in [3.63, 3.8) is 0 Å². The minimum absolute atomic E-state index is 0.351. The lowest BCUT2D eigenvalue weighted by molar-refractivity contribution is 0.0732. The van der Waals surface area contributed by atoms with Crippen LogP contribution in [0.15, 0.2) is 24.3 Å². The summed E-state index contributed by atoms with van der Waals surface area (Å²) < 4.78 is 6.06. The van der Waals surface area contributed by atoms with Crippen LogP contribution in [-0.4, -0.2) is 12.6 Å². The Morgan fingerprint density at radius 2 is 1.84 bits per heavy atom. The van der Waals surface area contributed by atoms with Gasteiger partial charge in [0.25, 0.3) is 0 Å². The van der Waals surface area contributed by atoms with Crippen LogP contribution in [0.1, 0.15) is 50.2 Å². The molecule has 1 N–H and O–H groups in total. The zero-order valence-corrected chi connectivity index (χ0v) is 11.5. The van der Waals surface area contributed by atoms with Gasteiger partial charge in [0.15, 0.2) is 0 Å². The molecule has 1 aliphatic carbocycles. The highest BCUT2D eigenvalue weighted by Crippen LogP contribution is 2.48. The van der Waals surface area contributed by atoms with Crippen molar-refractivity contribution in [3.8, 4) is 0 Å². The van der Waals surface area contributed by atoms with Gasteiger partial charge in [-0.25, -0.2) is 0 Å². The van der Waals surface area contributed by atoms with Gasteiger partial charge in [0.2, 0.25) is 0 Å². The third-order valence-corrected chi connectivity index (χ3v) is 5.35. The summed E-state index contributed by atoms with van der Waals surface area (Å²) in [7, 11) is 0. The first-order chi connectivity index (χ1) is 9.43. The first-order valence-electron chi connectivity index (χ1n) is 7.90. The summed E-state index contributed by atoms with van der Waals surface area (Å²) in [5.74, 6) is 1.55. The molecule has 3 atom stereocenters. The lowest BCUT2D eigenvalue weighted by Crippen LogP contribution is -2.42. The van der Waals surface area contributed by atoms with E-state index >= 15 is 0 Å². The van der Waals surface area contributed by atoms with Crippen LogP contribution < -0.4 is 5.32 Å². The molecule has 0 aromatic heterocycles. The molecule has 0 bridgehead atoms. The molecule has 102 valence electrons. The van der Waals surface area contributed by atoms with E-state index in [0.717, 1.165) is 12.5 Å². The first-order valence-corrected chi connectivity index (χ1v) is 7.90. The van der Waals surface area contributed by atoms with Crippen molar-refractivity contribution in [3.05, 3.63) is 29.8 Å². The normalized spacial score (nSPS) is 34.4. The number of nitrogens with one attached hydrogen (secondary N) is 1. The van der Waals surface area contributed by atoms with Crippen molar-refractivity contribution in [2.45, 2.75) is 50.7 Å². The molecule has 4 rings (SSSR count). The van der Waals surface area contributed by atoms with Gasteiger partial charge >= 0.3 is 0 Å². The molecule has 19 heavy (non-hydrogen) atoms. The van der Waals surface area contributed by atoms with Crippen LogP contribution in [0.4, 0.5) is 5.69 Å². The van der Waals surface area contributed by atoms with E-state index in [4.69, 9.17) is 4.74 Å². The Bertz CT molecular complexity index is 452. The number of ether oxygens (including phenoxy) is 1. The van der Waals surface area contributed by atoms with E-state index in [1.54, 1.807) is 0 Å². The fourth-order valence-electron chi connectivity index (χ4n) is 4.42. The highest BCUT2D eigenvalue weighted by molar-refractivity contribution is 5.56. The maximum Gasteiger partial charge on any atom is 0.0893 e. The van der Waals surface area contributed by atoms with Gasteiger partial charge in [-0.2, -0.15) is 0 Å². The van der Waals surface area contributed by atoms with E-state index in [1.165, 1.54) is 49.8 Å². The number of hydrogen-bond donors (Lipinski definition) is 1. The fraction of sp³-hybridized carbons (Fsp3) is 0.647. The van der Waals surface area contributed by atoms with E-state index < -0.39 is 0 Å². The zero-order valence-electron chi connectivity index (χ0n) is 11.5. The largest absolute Gasteiger partial charge is 0.381 e. The molecule has 0 spiro atoms. The topological polar surface area (TPSA) is 21.3 Å². The van der Waals surface area contributed by atoms with Gasteiger partial charge < -0.3 is 10.1 Å². The fourth-order valence-corrected chi connectivity index (χ4v) is 4.42. The summed E-state index contributed by atoms with van der Waals surface area (Å²) in [5, 5.41) is 3.86. The van der Waals surface area contributed by atoms with Crippen LogP contribution in [-0.2, 0) is 4.74 Å². The summed E-state index contributed by atoms with van der Waals surface area (Å²) in [6, 6.07) is 9.38. The molecule has 2 fully saturated rings. The lowest BCUT2D eigenvalue weighted by atomic mass is 9.73. The maximum absolute atomic E-state index is 6.06. The third kappa shape index (κ3) is 1.97. The summed E-state index contributed by atoms with van der Waals surface area (Å²) in [6.07, 6.45) is 8.67. The average molecular weight is 257 g/mol. The van der Waals surface area contributed by atoms with Crippen LogP contribution in [0, 0.1) is 11.8 Å². The Morgan fingerprint density at radius 3 is 2.74 bits per heavy atom. The molecular weight excluding hydrogens is 234 g/mol. The molecule has 1 aromatic rings. The molecule has 0 radical (unpaired) electrons. The van der Waals surface area contributed by atoms with Crippen molar-refractivity contribution in [2.24, 2.45) is 11.8 Å². The van der Waals surface area contributed by atoms with Gasteiger partial charge in [-0.05, 0) is 31.2 Å². The predicted octanol–water partition coefficient (Wildman–Crippen LogP) is 4.14.